The van der Waals surface area contributed by atoms with Gasteiger partial charge in [-0.05, 0) is 34.8 Å². The van der Waals surface area contributed by atoms with E-state index in [4.69, 9.17) is 5.73 Å². The van der Waals surface area contributed by atoms with Crippen molar-refractivity contribution < 1.29 is 14.7 Å². The maximum Gasteiger partial charge on any atom is 0.255 e. The second-order valence-electron chi connectivity index (χ2n) is 4.58. The summed E-state index contributed by atoms with van der Waals surface area (Å²) in [6.07, 6.45) is 3.86. The Hall–Kier alpha value is -1.47. The molecule has 0 aliphatic carbocycles. The number of nitrogens with two attached hydrogens (primary N) is 1. The lowest BCUT2D eigenvalue weighted by molar-refractivity contribution is -0.140. The number of β-amino-alcohol motifs (C(OH)–C–C–N with tert-alkyl or cyclic N) is 1. The average molecular weight is 328 g/mol. The molecule has 2 amide bonds. The van der Waals surface area contributed by atoms with Gasteiger partial charge in [0.2, 0.25) is 0 Å². The second kappa shape index (κ2) is 5.26. The monoisotopic (exact) mass is 327 g/mol. The molecular formula is C12H14BrN3O3. The zero-order valence-corrected chi connectivity index (χ0v) is 11.8. The van der Waals surface area contributed by atoms with Gasteiger partial charge in [-0.25, -0.2) is 0 Å². The Morgan fingerprint density at radius 1 is 1.53 bits per heavy atom. The number of halogens is 1. The molecule has 1 fully saturated rings. The number of hydrogen-bond donors (Lipinski definition) is 2. The molecular weight excluding hydrogens is 314 g/mol. The molecule has 3 N–H and O–H groups in total. The molecule has 7 heteroatoms. The summed E-state index contributed by atoms with van der Waals surface area (Å²) in [5.41, 5.74) is 4.00. The van der Waals surface area contributed by atoms with E-state index in [0.29, 0.717) is 23.0 Å². The smallest absolute Gasteiger partial charge is 0.255 e. The molecule has 1 aromatic rings. The van der Waals surface area contributed by atoms with Gasteiger partial charge < -0.3 is 15.7 Å². The van der Waals surface area contributed by atoms with Crippen molar-refractivity contribution >= 4 is 27.7 Å². The number of carbonyl (C=O) groups excluding carboxylic acids is 2. The van der Waals surface area contributed by atoms with E-state index in [2.05, 4.69) is 20.9 Å². The third-order valence-corrected chi connectivity index (χ3v) is 3.85. The first kappa shape index (κ1) is 14.0. The summed E-state index contributed by atoms with van der Waals surface area (Å²) < 4.78 is 0.577. The predicted octanol–water partition coefficient (Wildman–Crippen LogP) is 0.297. The van der Waals surface area contributed by atoms with Crippen LogP contribution in [-0.2, 0) is 4.79 Å². The van der Waals surface area contributed by atoms with Crippen molar-refractivity contribution in [2.45, 2.75) is 18.4 Å². The van der Waals surface area contributed by atoms with Gasteiger partial charge in [-0.3, -0.25) is 14.6 Å². The van der Waals surface area contributed by atoms with E-state index in [9.17, 15) is 14.7 Å². The minimum Gasteiger partial charge on any atom is -0.378 e. The highest BCUT2D eigenvalue weighted by molar-refractivity contribution is 9.10. The third kappa shape index (κ3) is 2.76. The average Bonchev–Trinajstić information content (AvgIpc) is 2.38. The maximum atomic E-state index is 12.3. The number of rotatable bonds is 2. The minimum absolute atomic E-state index is 0.0735. The van der Waals surface area contributed by atoms with Crippen molar-refractivity contribution in [3.63, 3.8) is 0 Å². The van der Waals surface area contributed by atoms with Gasteiger partial charge in [0.1, 0.15) is 0 Å². The lowest BCUT2D eigenvalue weighted by Crippen LogP contribution is -2.57. The summed E-state index contributed by atoms with van der Waals surface area (Å²) in [6, 6.07) is 1.59. The Kier molecular flexibility index (Phi) is 3.86. The van der Waals surface area contributed by atoms with Gasteiger partial charge >= 0.3 is 0 Å². The summed E-state index contributed by atoms with van der Waals surface area (Å²) in [4.78, 5) is 28.9. The van der Waals surface area contributed by atoms with Crippen LogP contribution in [0.2, 0.25) is 0 Å². The quantitative estimate of drug-likeness (QED) is 0.816. The Morgan fingerprint density at radius 2 is 2.26 bits per heavy atom. The molecule has 1 unspecified atom stereocenters. The predicted molar refractivity (Wildman–Crippen MR) is 71.2 cm³/mol. The van der Waals surface area contributed by atoms with Crippen molar-refractivity contribution in [1.29, 1.82) is 0 Å². The molecule has 1 saturated heterocycles. The topological polar surface area (TPSA) is 96.5 Å². The molecule has 1 aliphatic heterocycles. The second-order valence-corrected chi connectivity index (χ2v) is 5.44. The van der Waals surface area contributed by atoms with Gasteiger partial charge in [0, 0.05) is 23.4 Å². The molecule has 0 aromatic carbocycles. The Bertz CT molecular complexity index is 523. The number of aliphatic hydroxyl groups is 1. The Labute approximate surface area is 118 Å². The van der Waals surface area contributed by atoms with Crippen LogP contribution in [0.3, 0.4) is 0 Å². The summed E-state index contributed by atoms with van der Waals surface area (Å²) in [5, 5.41) is 10.1. The minimum atomic E-state index is -1.63. The van der Waals surface area contributed by atoms with Crippen molar-refractivity contribution in [1.82, 2.24) is 9.88 Å². The van der Waals surface area contributed by atoms with Crippen LogP contribution in [-0.4, -0.2) is 45.5 Å². The normalized spacial score (nSPS) is 23.2. The molecule has 1 aromatic heterocycles. The molecule has 1 aliphatic rings. The van der Waals surface area contributed by atoms with Crippen LogP contribution in [0.1, 0.15) is 23.2 Å². The molecule has 102 valence electrons. The molecule has 0 saturated carbocycles. The third-order valence-electron chi connectivity index (χ3n) is 3.22. The lowest BCUT2D eigenvalue weighted by atomic mass is 9.92. The zero-order chi connectivity index (χ0) is 14.0. The largest absolute Gasteiger partial charge is 0.378 e. The Morgan fingerprint density at radius 3 is 2.89 bits per heavy atom. The maximum absolute atomic E-state index is 12.3. The number of likely N-dealkylation sites (tertiary alicyclic amines) is 1. The van der Waals surface area contributed by atoms with Gasteiger partial charge in [0.05, 0.1) is 12.1 Å². The summed E-state index contributed by atoms with van der Waals surface area (Å²) in [5.74, 6) is -1.05. The van der Waals surface area contributed by atoms with Crippen molar-refractivity contribution in [3.8, 4) is 0 Å². The summed E-state index contributed by atoms with van der Waals surface area (Å²) in [7, 11) is 0. The van der Waals surface area contributed by atoms with E-state index in [1.54, 1.807) is 6.07 Å². The van der Waals surface area contributed by atoms with Crippen LogP contribution in [0.4, 0.5) is 0 Å². The highest BCUT2D eigenvalue weighted by Gasteiger charge is 2.40. The van der Waals surface area contributed by atoms with E-state index in [0.717, 1.165) is 0 Å². The number of amides is 2. The SMILES string of the molecule is NC(=O)C1(O)CCCN(C(=O)c2ccncc2Br)C1. The van der Waals surface area contributed by atoms with Crippen LogP contribution in [0.5, 0.6) is 0 Å². The molecule has 0 bridgehead atoms. The van der Waals surface area contributed by atoms with Crippen molar-refractivity contribution in [3.05, 3.63) is 28.5 Å². The molecule has 0 spiro atoms. The zero-order valence-electron chi connectivity index (χ0n) is 10.2. The number of pyridine rings is 1. The van der Waals surface area contributed by atoms with Crippen LogP contribution in [0, 0.1) is 0 Å². The first-order chi connectivity index (χ1) is 8.94. The van der Waals surface area contributed by atoms with E-state index in [1.165, 1.54) is 17.3 Å². The number of primary amides is 1. The van der Waals surface area contributed by atoms with Crippen LogP contribution in [0.15, 0.2) is 22.9 Å². The molecule has 6 nitrogen and oxygen atoms in total. The standard InChI is InChI=1S/C12H14BrN3O3/c13-9-6-15-4-2-8(9)10(17)16-5-1-3-12(19,7-16)11(14)18/h2,4,6,19H,1,3,5,7H2,(H2,14,18). The van der Waals surface area contributed by atoms with Gasteiger partial charge in [0.15, 0.2) is 5.60 Å². The van der Waals surface area contributed by atoms with E-state index < -0.39 is 11.5 Å². The summed E-state index contributed by atoms with van der Waals surface area (Å²) in [6.45, 7) is 0.416. The highest BCUT2D eigenvalue weighted by Crippen LogP contribution is 2.24. The first-order valence-corrected chi connectivity index (χ1v) is 6.64. The molecule has 19 heavy (non-hydrogen) atoms. The number of nitrogens with zero attached hydrogens (tertiary/aromatic N) is 2. The number of aromatic nitrogens is 1. The molecule has 2 rings (SSSR count). The fourth-order valence-electron chi connectivity index (χ4n) is 2.13. The number of piperidine rings is 1. The molecule has 2 heterocycles. The van der Waals surface area contributed by atoms with Gasteiger partial charge in [-0.2, -0.15) is 0 Å². The first-order valence-electron chi connectivity index (χ1n) is 5.85. The van der Waals surface area contributed by atoms with E-state index in [1.807, 2.05) is 0 Å². The van der Waals surface area contributed by atoms with Gasteiger partial charge in [0.25, 0.3) is 11.8 Å². The van der Waals surface area contributed by atoms with Crippen LogP contribution in [0.25, 0.3) is 0 Å². The van der Waals surface area contributed by atoms with Crippen molar-refractivity contribution in [2.75, 3.05) is 13.1 Å². The van der Waals surface area contributed by atoms with E-state index >= 15 is 0 Å². The molecule has 0 radical (unpaired) electrons. The molecule has 1 atom stereocenters. The highest BCUT2D eigenvalue weighted by atomic mass is 79.9. The lowest BCUT2D eigenvalue weighted by Gasteiger charge is -2.37. The van der Waals surface area contributed by atoms with E-state index in [-0.39, 0.29) is 18.9 Å². The summed E-state index contributed by atoms with van der Waals surface area (Å²) >= 11 is 3.26. The fraction of sp³-hybridized carbons (Fsp3) is 0.417. The fourth-order valence-corrected chi connectivity index (χ4v) is 2.55. The number of hydrogen-bond acceptors (Lipinski definition) is 4. The van der Waals surface area contributed by atoms with Gasteiger partial charge in [-0.15, -0.1) is 0 Å². The van der Waals surface area contributed by atoms with Crippen molar-refractivity contribution in [2.24, 2.45) is 5.73 Å². The van der Waals surface area contributed by atoms with Gasteiger partial charge in [-0.1, -0.05) is 0 Å². The van der Waals surface area contributed by atoms with Crippen LogP contribution >= 0.6 is 15.9 Å². The van der Waals surface area contributed by atoms with Crippen LogP contribution < -0.4 is 5.73 Å². The Balaban J connectivity index is 2.21. The number of carbonyl (C=O) groups is 2.